The molecule has 0 saturated heterocycles. The molecule has 0 saturated carbocycles. The zero-order chi connectivity index (χ0) is 12.3. The van der Waals surface area contributed by atoms with Gasteiger partial charge in [0.15, 0.2) is 10.6 Å². The van der Waals surface area contributed by atoms with E-state index in [0.717, 1.165) is 6.54 Å². The molecule has 2 aromatic rings. The lowest BCUT2D eigenvalue weighted by atomic mass is 10.0. The van der Waals surface area contributed by atoms with Gasteiger partial charge in [0.2, 0.25) is 0 Å². The molecule has 2 N–H and O–H groups in total. The summed E-state index contributed by atoms with van der Waals surface area (Å²) in [5, 5.41) is 15.8. The predicted octanol–water partition coefficient (Wildman–Crippen LogP) is 2.24. The first-order chi connectivity index (χ1) is 8.22. The van der Waals surface area contributed by atoms with E-state index in [9.17, 15) is 0 Å². The third kappa shape index (κ3) is 2.62. The number of rotatable bonds is 4. The highest BCUT2D eigenvalue weighted by molar-refractivity contribution is 7.71. The lowest BCUT2D eigenvalue weighted by Crippen LogP contribution is -2.10. The van der Waals surface area contributed by atoms with E-state index in [0.29, 0.717) is 16.5 Å². The molecule has 5 heteroatoms. The average Bonchev–Trinajstić information content (AvgIpc) is 2.71. The maximum absolute atomic E-state index is 9.17. The lowest BCUT2D eigenvalue weighted by molar-refractivity contribution is 0.263. The normalized spacial score (nSPS) is 12.6. The fraction of sp³-hybridized carbons (Fsp3) is 0.333. The fourth-order valence-corrected chi connectivity index (χ4v) is 2.05. The van der Waals surface area contributed by atoms with Gasteiger partial charge in [0.1, 0.15) is 6.61 Å². The highest BCUT2D eigenvalue weighted by atomic mass is 32.1. The Balaban J connectivity index is 2.21. The quantitative estimate of drug-likeness (QED) is 0.817. The van der Waals surface area contributed by atoms with Crippen LogP contribution in [0.2, 0.25) is 0 Å². The molecule has 4 nitrogen and oxygen atoms in total. The molecule has 1 aromatic heterocycles. The summed E-state index contributed by atoms with van der Waals surface area (Å²) in [6.07, 6.45) is 0. The number of nitrogens with one attached hydrogen (secondary N) is 1. The van der Waals surface area contributed by atoms with Crippen LogP contribution in [-0.2, 0) is 13.2 Å². The predicted molar refractivity (Wildman–Crippen MR) is 68.2 cm³/mol. The van der Waals surface area contributed by atoms with Crippen molar-refractivity contribution in [3.05, 3.63) is 46.5 Å². The smallest absolute Gasteiger partial charge is 0.195 e. The second kappa shape index (κ2) is 5.25. The Morgan fingerprint density at radius 2 is 2.12 bits per heavy atom. The zero-order valence-corrected chi connectivity index (χ0v) is 10.4. The Labute approximate surface area is 105 Å². The Kier molecular flexibility index (Phi) is 3.71. The van der Waals surface area contributed by atoms with E-state index in [4.69, 9.17) is 17.3 Å². The van der Waals surface area contributed by atoms with Crippen LogP contribution in [0, 0.1) is 4.77 Å². The van der Waals surface area contributed by atoms with Gasteiger partial charge in [0.05, 0.1) is 0 Å². The van der Waals surface area contributed by atoms with Crippen LogP contribution >= 0.6 is 12.2 Å². The molecule has 0 amide bonds. The van der Waals surface area contributed by atoms with Crippen molar-refractivity contribution < 1.29 is 5.11 Å². The second-order valence-corrected chi connectivity index (χ2v) is 4.41. The van der Waals surface area contributed by atoms with Crippen LogP contribution in [0.15, 0.2) is 30.3 Å². The molecular formula is C12H15N3OS. The first-order valence-electron chi connectivity index (χ1n) is 5.52. The summed E-state index contributed by atoms with van der Waals surface area (Å²) < 4.78 is 2.39. The van der Waals surface area contributed by atoms with Gasteiger partial charge in [-0.2, -0.15) is 5.10 Å². The maximum Gasteiger partial charge on any atom is 0.195 e. The first kappa shape index (κ1) is 12.0. The molecule has 1 heterocycles. The number of hydrogen-bond acceptors (Lipinski definition) is 3. The minimum Gasteiger partial charge on any atom is -0.388 e. The molecule has 1 atom stereocenters. The largest absolute Gasteiger partial charge is 0.388 e. The third-order valence-electron chi connectivity index (χ3n) is 2.80. The highest BCUT2D eigenvalue weighted by Crippen LogP contribution is 2.17. The molecule has 90 valence electrons. The minimum absolute atomic E-state index is 0.103. The Hall–Kier alpha value is -1.46. The van der Waals surface area contributed by atoms with Crippen LogP contribution in [0.4, 0.5) is 0 Å². The van der Waals surface area contributed by atoms with Gasteiger partial charge in [0, 0.05) is 6.54 Å². The van der Waals surface area contributed by atoms with Gasteiger partial charge in [-0.1, -0.05) is 37.3 Å². The third-order valence-corrected chi connectivity index (χ3v) is 3.12. The van der Waals surface area contributed by atoms with Crippen LogP contribution in [0.5, 0.6) is 0 Å². The molecule has 0 fully saturated rings. The summed E-state index contributed by atoms with van der Waals surface area (Å²) in [6.45, 7) is 2.75. The van der Waals surface area contributed by atoms with Gasteiger partial charge in [0.25, 0.3) is 0 Å². The number of H-pyrrole nitrogens is 1. The molecule has 0 aliphatic heterocycles. The van der Waals surface area contributed by atoms with Gasteiger partial charge >= 0.3 is 0 Å². The van der Waals surface area contributed by atoms with Crippen LogP contribution in [-0.4, -0.2) is 19.9 Å². The van der Waals surface area contributed by atoms with Gasteiger partial charge in [-0.25, -0.2) is 0 Å². The number of aliphatic hydroxyl groups excluding tert-OH is 1. The SMILES string of the molecule is CC(Cn1c(CO)n[nH]c1=S)c1ccccc1. The molecule has 1 aromatic carbocycles. The minimum atomic E-state index is -0.103. The molecule has 0 aliphatic carbocycles. The van der Waals surface area contributed by atoms with Crippen molar-refractivity contribution in [2.45, 2.75) is 26.0 Å². The Morgan fingerprint density at radius 1 is 1.41 bits per heavy atom. The van der Waals surface area contributed by atoms with Crippen molar-refractivity contribution in [1.82, 2.24) is 14.8 Å². The van der Waals surface area contributed by atoms with E-state index in [1.54, 1.807) is 0 Å². The van der Waals surface area contributed by atoms with Crippen molar-refractivity contribution in [2.75, 3.05) is 0 Å². The molecule has 0 aliphatic rings. The number of hydrogen-bond donors (Lipinski definition) is 2. The Morgan fingerprint density at radius 3 is 2.76 bits per heavy atom. The van der Waals surface area contributed by atoms with E-state index in [1.165, 1.54) is 5.56 Å². The lowest BCUT2D eigenvalue weighted by Gasteiger charge is -2.13. The van der Waals surface area contributed by atoms with E-state index in [-0.39, 0.29) is 6.61 Å². The summed E-state index contributed by atoms with van der Waals surface area (Å²) in [5.74, 6) is 0.906. The summed E-state index contributed by atoms with van der Waals surface area (Å²) >= 11 is 5.14. The molecular weight excluding hydrogens is 234 g/mol. The van der Waals surface area contributed by atoms with Crippen molar-refractivity contribution >= 4 is 12.2 Å². The van der Waals surface area contributed by atoms with E-state index >= 15 is 0 Å². The van der Waals surface area contributed by atoms with Crippen LogP contribution < -0.4 is 0 Å². The van der Waals surface area contributed by atoms with E-state index in [2.05, 4.69) is 29.3 Å². The van der Waals surface area contributed by atoms with Crippen molar-refractivity contribution in [1.29, 1.82) is 0 Å². The van der Waals surface area contributed by atoms with Crippen molar-refractivity contribution in [3.63, 3.8) is 0 Å². The summed E-state index contributed by atoms with van der Waals surface area (Å²) in [6, 6.07) is 10.2. The summed E-state index contributed by atoms with van der Waals surface area (Å²) in [4.78, 5) is 0. The van der Waals surface area contributed by atoms with Crippen molar-refractivity contribution in [2.24, 2.45) is 0 Å². The molecule has 17 heavy (non-hydrogen) atoms. The number of aromatic nitrogens is 3. The summed E-state index contributed by atoms with van der Waals surface area (Å²) in [5.41, 5.74) is 1.25. The van der Waals surface area contributed by atoms with Crippen molar-refractivity contribution in [3.8, 4) is 0 Å². The standard InChI is InChI=1S/C12H15N3OS/c1-9(10-5-3-2-4-6-10)7-15-11(8-16)13-14-12(15)17/h2-6,9,16H,7-8H2,1H3,(H,14,17). The van der Waals surface area contributed by atoms with E-state index in [1.807, 2.05) is 22.8 Å². The highest BCUT2D eigenvalue weighted by Gasteiger charge is 2.10. The number of aliphatic hydroxyl groups is 1. The molecule has 0 bridgehead atoms. The fourth-order valence-electron chi connectivity index (χ4n) is 1.82. The molecule has 0 radical (unpaired) electrons. The molecule has 0 spiro atoms. The van der Waals surface area contributed by atoms with Crippen LogP contribution in [0.1, 0.15) is 24.2 Å². The van der Waals surface area contributed by atoms with Crippen LogP contribution in [0.3, 0.4) is 0 Å². The number of benzene rings is 1. The van der Waals surface area contributed by atoms with Gasteiger partial charge in [-0.05, 0) is 23.7 Å². The number of nitrogens with zero attached hydrogens (tertiary/aromatic N) is 2. The van der Waals surface area contributed by atoms with E-state index < -0.39 is 0 Å². The average molecular weight is 249 g/mol. The Bertz CT molecular complexity index is 532. The maximum atomic E-state index is 9.17. The zero-order valence-electron chi connectivity index (χ0n) is 9.63. The monoisotopic (exact) mass is 249 g/mol. The van der Waals surface area contributed by atoms with Gasteiger partial charge in [-0.15, -0.1) is 0 Å². The second-order valence-electron chi connectivity index (χ2n) is 4.03. The topological polar surface area (TPSA) is 53.8 Å². The summed E-state index contributed by atoms with van der Waals surface area (Å²) in [7, 11) is 0. The molecule has 2 rings (SSSR count). The van der Waals surface area contributed by atoms with Gasteiger partial charge < -0.3 is 9.67 Å². The van der Waals surface area contributed by atoms with Gasteiger partial charge in [-0.3, -0.25) is 5.10 Å². The first-order valence-corrected chi connectivity index (χ1v) is 5.93. The number of aromatic amines is 1. The molecule has 1 unspecified atom stereocenters. The van der Waals surface area contributed by atoms with Crippen LogP contribution in [0.25, 0.3) is 0 Å².